The first-order valence-electron chi connectivity index (χ1n) is 24.8. The van der Waals surface area contributed by atoms with Gasteiger partial charge in [0.1, 0.15) is 48.3 Å². The summed E-state index contributed by atoms with van der Waals surface area (Å²) >= 11 is 0. The highest BCUT2D eigenvalue weighted by Gasteiger charge is 2.38. The van der Waals surface area contributed by atoms with Gasteiger partial charge in [0, 0.05) is 6.42 Å². The number of hydrogen-bond acceptors (Lipinski definition) is 14. The van der Waals surface area contributed by atoms with Gasteiger partial charge in [0.25, 0.3) is 0 Å². The number of aliphatic hydroxyl groups excluding tert-OH is 1. The standard InChI is InChI=1S/C49H78N10O16/c1-10-25(7)38(58-45(70)32(21-35(51)61)54-48(73)40(27(9)60)59-41(66)29(50)20-36(62)63)46(71)53-31(18-24(5)6)44(69)57-39(26(8)11-2)47(72)55-33(22-37(64)65)43(68)52-30(17-23(3)4)42(67)56-34(49(74)75)19-28-15-13-12-14-16-28/h12-16,23-27,29-34,38-40,60H,10-11,17-22,50H2,1-9H3,(H2,51,61)(H,52,68)(H,53,71)(H,54,73)(H,55,72)(H,56,67)(H,57,69)(H,58,70)(H,59,66)(H,62,63)(H,64,65)(H,74,75)/t25-,26-,27+,29-,30-,31-,32-,33-,34-,38-,39-,40-/m0/s1. The third-order valence-electron chi connectivity index (χ3n) is 12.0. The van der Waals surface area contributed by atoms with Crippen LogP contribution in [0.25, 0.3) is 0 Å². The lowest BCUT2D eigenvalue weighted by molar-refractivity contribution is -0.143. The molecule has 0 heterocycles. The molecule has 1 rings (SSSR count). The van der Waals surface area contributed by atoms with Gasteiger partial charge in [-0.15, -0.1) is 0 Å². The van der Waals surface area contributed by atoms with E-state index < -0.39 is 163 Å². The number of nitrogens with one attached hydrogen (secondary N) is 8. The molecule has 9 amide bonds. The molecule has 420 valence electrons. The summed E-state index contributed by atoms with van der Waals surface area (Å²) in [5.74, 6) is -15.5. The summed E-state index contributed by atoms with van der Waals surface area (Å²) in [6.45, 7) is 14.5. The van der Waals surface area contributed by atoms with Crippen molar-refractivity contribution in [1.82, 2.24) is 42.5 Å². The van der Waals surface area contributed by atoms with E-state index >= 15 is 0 Å². The van der Waals surface area contributed by atoms with E-state index in [1.807, 2.05) is 0 Å². The predicted molar refractivity (Wildman–Crippen MR) is 269 cm³/mol. The van der Waals surface area contributed by atoms with Gasteiger partial charge in [0.15, 0.2) is 0 Å². The summed E-state index contributed by atoms with van der Waals surface area (Å²) in [5, 5.41) is 58.3. The summed E-state index contributed by atoms with van der Waals surface area (Å²) in [6, 6.07) is -5.65. The lowest BCUT2D eigenvalue weighted by Gasteiger charge is -2.31. The Labute approximate surface area is 435 Å². The van der Waals surface area contributed by atoms with Gasteiger partial charge < -0.3 is 74.4 Å². The van der Waals surface area contributed by atoms with Crippen LogP contribution in [0.4, 0.5) is 0 Å². The molecule has 26 nitrogen and oxygen atoms in total. The third-order valence-corrected chi connectivity index (χ3v) is 12.0. The van der Waals surface area contributed by atoms with Crippen LogP contribution in [-0.4, -0.2) is 152 Å². The highest BCUT2D eigenvalue weighted by Crippen LogP contribution is 2.15. The Bertz CT molecular complexity index is 2160. The number of carbonyl (C=O) groups excluding carboxylic acids is 9. The monoisotopic (exact) mass is 1060 g/mol. The number of nitrogens with two attached hydrogens (primary N) is 2. The normalized spacial score (nSPS) is 16.0. The zero-order valence-electron chi connectivity index (χ0n) is 44.0. The largest absolute Gasteiger partial charge is 0.481 e. The molecule has 0 fully saturated rings. The van der Waals surface area contributed by atoms with Crippen LogP contribution >= 0.6 is 0 Å². The number of aliphatic hydroxyl groups is 1. The summed E-state index contributed by atoms with van der Waals surface area (Å²) in [7, 11) is 0. The molecule has 0 aliphatic rings. The number of carboxylic acids is 3. The zero-order chi connectivity index (χ0) is 57.4. The van der Waals surface area contributed by atoms with Gasteiger partial charge in [0.05, 0.1) is 31.4 Å². The second-order valence-corrected chi connectivity index (χ2v) is 19.5. The number of amides is 9. The Hall–Kier alpha value is -7.22. The average Bonchev–Trinajstić information content (AvgIpc) is 3.31. The van der Waals surface area contributed by atoms with Crippen LogP contribution in [0, 0.1) is 23.7 Å². The first-order chi connectivity index (χ1) is 34.9. The number of aliphatic carboxylic acids is 3. The van der Waals surface area contributed by atoms with Crippen LogP contribution in [-0.2, 0) is 64.0 Å². The highest BCUT2D eigenvalue weighted by atomic mass is 16.4. The second-order valence-electron chi connectivity index (χ2n) is 19.5. The molecule has 0 aliphatic carbocycles. The van der Waals surface area contributed by atoms with Crippen LogP contribution in [0.1, 0.15) is 113 Å². The van der Waals surface area contributed by atoms with Crippen molar-refractivity contribution in [3.8, 4) is 0 Å². The predicted octanol–water partition coefficient (Wildman–Crippen LogP) is -2.09. The molecule has 26 heteroatoms. The Kier molecular flexibility index (Phi) is 28.2. The minimum Gasteiger partial charge on any atom is -0.481 e. The maximum Gasteiger partial charge on any atom is 0.326 e. The second kappa shape index (κ2) is 32.2. The Balaban J connectivity index is 3.47. The van der Waals surface area contributed by atoms with E-state index in [0.29, 0.717) is 5.56 Å². The number of rotatable bonds is 34. The molecule has 0 aromatic heterocycles. The van der Waals surface area contributed by atoms with Crippen LogP contribution in [0.5, 0.6) is 0 Å². The maximum absolute atomic E-state index is 14.2. The van der Waals surface area contributed by atoms with Crippen molar-refractivity contribution >= 4 is 71.1 Å². The van der Waals surface area contributed by atoms with Crippen molar-refractivity contribution in [3.63, 3.8) is 0 Å². The van der Waals surface area contributed by atoms with Gasteiger partial charge in [-0.1, -0.05) is 98.6 Å². The van der Waals surface area contributed by atoms with Gasteiger partial charge in [-0.25, -0.2) is 4.79 Å². The molecular formula is C49H78N10O16. The fraction of sp³-hybridized carbons (Fsp3) is 0.633. The number of primary amides is 1. The van der Waals surface area contributed by atoms with Crippen molar-refractivity contribution < 1.29 is 78.0 Å². The van der Waals surface area contributed by atoms with E-state index in [1.54, 1.807) is 85.7 Å². The number of benzene rings is 1. The maximum atomic E-state index is 14.2. The molecule has 0 aliphatic heterocycles. The third kappa shape index (κ3) is 23.7. The van der Waals surface area contributed by atoms with E-state index in [1.165, 1.54) is 0 Å². The molecule has 0 unspecified atom stereocenters. The molecular weight excluding hydrogens is 985 g/mol. The fourth-order valence-electron chi connectivity index (χ4n) is 7.44. The molecule has 0 spiro atoms. The lowest BCUT2D eigenvalue weighted by atomic mass is 9.95. The Morgan fingerprint density at radius 1 is 0.467 bits per heavy atom. The highest BCUT2D eigenvalue weighted by molar-refractivity contribution is 6.00. The van der Waals surface area contributed by atoms with Crippen molar-refractivity contribution in [2.75, 3.05) is 0 Å². The lowest BCUT2D eigenvalue weighted by Crippen LogP contribution is -2.62. The Morgan fingerprint density at radius 2 is 0.827 bits per heavy atom. The molecule has 0 radical (unpaired) electrons. The van der Waals surface area contributed by atoms with Crippen LogP contribution in [0.15, 0.2) is 30.3 Å². The molecule has 16 N–H and O–H groups in total. The van der Waals surface area contributed by atoms with E-state index in [9.17, 15) is 72.9 Å². The molecule has 0 saturated heterocycles. The van der Waals surface area contributed by atoms with Crippen molar-refractivity contribution in [1.29, 1.82) is 0 Å². The average molecular weight is 1060 g/mol. The summed E-state index contributed by atoms with van der Waals surface area (Å²) in [5.41, 5.74) is 11.6. The van der Waals surface area contributed by atoms with E-state index in [-0.39, 0.29) is 43.9 Å². The number of carboxylic acid groups (broad SMARTS) is 3. The van der Waals surface area contributed by atoms with Crippen molar-refractivity contribution in [2.45, 2.75) is 174 Å². The van der Waals surface area contributed by atoms with Crippen molar-refractivity contribution in [3.05, 3.63) is 35.9 Å². The van der Waals surface area contributed by atoms with Crippen LogP contribution in [0.3, 0.4) is 0 Å². The number of carbonyl (C=O) groups is 12. The Morgan fingerprint density at radius 3 is 1.23 bits per heavy atom. The minimum absolute atomic E-state index is 0.0103. The molecule has 1 aromatic rings. The number of hydrogen-bond donors (Lipinski definition) is 14. The topological polar surface area (TPSA) is 434 Å². The van der Waals surface area contributed by atoms with Crippen LogP contribution in [0.2, 0.25) is 0 Å². The SMILES string of the molecule is CC[C@H](C)[C@H](NC(=O)[C@H](CC(C)C)NC(=O)[C@@H](NC(=O)[C@H](CC(N)=O)NC(=O)[C@@H](NC(=O)[C@@H](N)CC(=O)O)[C@@H](C)O)[C@@H](C)CC)C(=O)N[C@@H](CC(=O)O)C(=O)N[C@@H](CC(C)C)C(=O)N[C@@H](Cc1ccccc1)C(=O)O. The molecule has 1 aromatic carbocycles. The molecule has 12 atom stereocenters. The molecule has 0 bridgehead atoms. The minimum atomic E-state index is -1.81. The summed E-state index contributed by atoms with van der Waals surface area (Å²) < 4.78 is 0. The van der Waals surface area contributed by atoms with Gasteiger partial charge in [-0.2, -0.15) is 0 Å². The molecule has 0 saturated carbocycles. The smallest absolute Gasteiger partial charge is 0.326 e. The van der Waals surface area contributed by atoms with E-state index in [4.69, 9.17) is 16.6 Å². The van der Waals surface area contributed by atoms with Crippen molar-refractivity contribution in [2.24, 2.45) is 35.1 Å². The van der Waals surface area contributed by atoms with Gasteiger partial charge in [-0.05, 0) is 49.0 Å². The zero-order valence-corrected chi connectivity index (χ0v) is 44.0. The van der Waals surface area contributed by atoms with E-state index in [2.05, 4.69) is 42.5 Å². The first-order valence-corrected chi connectivity index (χ1v) is 24.8. The summed E-state index contributed by atoms with van der Waals surface area (Å²) in [6.07, 6.45) is -3.90. The van der Waals surface area contributed by atoms with Gasteiger partial charge in [-0.3, -0.25) is 52.7 Å². The summed E-state index contributed by atoms with van der Waals surface area (Å²) in [4.78, 5) is 157. The first kappa shape index (κ1) is 65.8. The van der Waals surface area contributed by atoms with Gasteiger partial charge in [0.2, 0.25) is 53.2 Å². The van der Waals surface area contributed by atoms with E-state index in [0.717, 1.165) is 6.92 Å². The van der Waals surface area contributed by atoms with Crippen LogP contribution < -0.4 is 54.0 Å². The molecule has 75 heavy (non-hydrogen) atoms. The van der Waals surface area contributed by atoms with Gasteiger partial charge >= 0.3 is 17.9 Å². The fourth-order valence-corrected chi connectivity index (χ4v) is 7.44. The quantitative estimate of drug-likeness (QED) is 0.0352.